The van der Waals surface area contributed by atoms with Gasteiger partial charge < -0.3 is 28.7 Å². The molecule has 26 rings (SSSR count). The van der Waals surface area contributed by atoms with Crippen molar-refractivity contribution in [3.8, 4) is 45.8 Å². The quantitative estimate of drug-likeness (QED) is 0.0989. The Balaban J connectivity index is 0.000000138. The number of benzene rings is 16. The Morgan fingerprint density at radius 1 is 0.244 bits per heavy atom. The van der Waals surface area contributed by atoms with Crippen molar-refractivity contribution in [1.82, 2.24) is 38.2 Å². The Bertz CT molecular complexity index is 7460. The van der Waals surface area contributed by atoms with Gasteiger partial charge in [0.2, 0.25) is 6.71 Å². The topological polar surface area (TPSA) is 84.2 Å². The van der Waals surface area contributed by atoms with Crippen LogP contribution in [0.4, 0.5) is 68.2 Å². The molecule has 0 atom stereocenters. The molecule has 12 nitrogen and oxygen atoms in total. The van der Waals surface area contributed by atoms with E-state index in [1.807, 2.05) is 24.5 Å². The van der Waals surface area contributed by atoms with E-state index in [9.17, 15) is 0 Å². The molecule has 16 aromatic carbocycles. The predicted octanol–water partition coefficient (Wildman–Crippen LogP) is 22.1. The molecule has 0 radical (unpaired) electrons. The molecule has 15 heteroatoms. The van der Waals surface area contributed by atoms with Crippen LogP contribution in [-0.2, 0) is 21.1 Å². The van der Waals surface area contributed by atoms with Crippen molar-refractivity contribution >= 4 is 180 Å². The van der Waals surface area contributed by atoms with Crippen molar-refractivity contribution in [2.24, 2.45) is 0 Å². The van der Waals surface area contributed by atoms with E-state index in [0.717, 1.165) is 163 Å². The first-order valence-electron chi connectivity index (χ1n) is 41.4. The third-order valence-electron chi connectivity index (χ3n) is 24.8. The van der Waals surface area contributed by atoms with Gasteiger partial charge in [-0.05, 0) is 215 Å². The molecular weight excluding hydrogens is 1680 g/mol. The number of rotatable bonds is 10. The van der Waals surface area contributed by atoms with Crippen molar-refractivity contribution in [2.45, 2.75) is 0 Å². The van der Waals surface area contributed by atoms with Crippen LogP contribution in [0.1, 0.15) is 0 Å². The summed E-state index contributed by atoms with van der Waals surface area (Å²) in [4.78, 5) is 30.2. The molecule has 576 valence electrons. The molecule has 0 amide bonds. The number of imidazole rings is 2. The fourth-order valence-electron chi connectivity index (χ4n) is 19.8. The number of anilines is 12. The zero-order chi connectivity index (χ0) is 80.0. The van der Waals surface area contributed by atoms with Crippen molar-refractivity contribution < 1.29 is 21.1 Å². The maximum Gasteiger partial charge on any atom is 2.00 e. The van der Waals surface area contributed by atoms with Crippen LogP contribution in [-0.4, -0.2) is 51.6 Å². The molecule has 0 unspecified atom stereocenters. The van der Waals surface area contributed by atoms with Crippen LogP contribution in [0.2, 0.25) is 0 Å². The van der Waals surface area contributed by atoms with Gasteiger partial charge in [-0.2, -0.15) is 11.5 Å². The molecule has 0 N–H and O–H groups in total. The molecule has 4 aliphatic rings. The molecule has 123 heavy (non-hydrogen) atoms. The number of pyridine rings is 2. The summed E-state index contributed by atoms with van der Waals surface area (Å²) in [5, 5.41) is 4.66. The number of aromatic nitrogens is 8. The van der Waals surface area contributed by atoms with Crippen molar-refractivity contribution in [3.05, 3.63) is 425 Å². The molecule has 0 saturated heterocycles. The Kier molecular flexibility index (Phi) is 16.8. The van der Waals surface area contributed by atoms with Gasteiger partial charge in [0.15, 0.2) is 0 Å². The fourth-order valence-corrected chi connectivity index (χ4v) is 19.8. The standard InChI is InChI=1S/C54H35BN6.C54H33BN6.Pt/c2*1-4-17-37(18-5-1)58-46-31-30-36(54-57-44-24-11-13-26-47(44)60(54)39-21-8-3-9-22-39)33-42(46)55-43-35-50-41(40-23-10-12-25-45(40)61(50)52-29-14-15-32-56-52)34-51(43)59(38-19-6-2-7-20-38)49-28-16-27-48(58)53(49)55;/h1-35H;1-32,34H;/q;-2;+2. The molecule has 0 bridgehead atoms. The van der Waals surface area contributed by atoms with Crippen molar-refractivity contribution in [2.75, 3.05) is 19.6 Å². The number of nitrogens with zero attached hydrogens (tertiary/aromatic N) is 12. The minimum absolute atomic E-state index is 0. The van der Waals surface area contributed by atoms with Crippen LogP contribution < -0.4 is 52.4 Å². The number of para-hydroxylation sites is 12. The average molecular weight is 1750 g/mol. The van der Waals surface area contributed by atoms with Gasteiger partial charge in [-0.15, -0.1) is 40.7 Å². The first-order valence-corrected chi connectivity index (χ1v) is 41.4. The first-order chi connectivity index (χ1) is 60.6. The summed E-state index contributed by atoms with van der Waals surface area (Å²) in [6.07, 6.45) is 3.75. The predicted molar refractivity (Wildman–Crippen MR) is 503 cm³/mol. The number of fused-ring (bicyclic) bond motifs is 16. The summed E-state index contributed by atoms with van der Waals surface area (Å²) in [5.41, 5.74) is 33.0. The van der Waals surface area contributed by atoms with Gasteiger partial charge in [0.25, 0.3) is 6.71 Å². The third kappa shape index (κ3) is 11.2. The number of hydrogen-bond donors (Lipinski definition) is 0. The van der Waals surface area contributed by atoms with Crippen LogP contribution >= 0.6 is 0 Å². The maximum atomic E-state index is 5.35. The van der Waals surface area contributed by atoms with E-state index >= 15 is 0 Å². The van der Waals surface area contributed by atoms with Crippen LogP contribution in [0.3, 0.4) is 0 Å². The van der Waals surface area contributed by atoms with Crippen LogP contribution in [0.25, 0.3) is 111 Å². The second kappa shape index (κ2) is 28.8. The second-order valence-electron chi connectivity index (χ2n) is 31.4. The second-order valence-corrected chi connectivity index (χ2v) is 31.4. The first kappa shape index (κ1) is 71.5. The van der Waals surface area contributed by atoms with Gasteiger partial charge in [0.1, 0.15) is 17.5 Å². The number of hydrogen-bond acceptors (Lipinski definition) is 8. The SMILES string of the molecule is [Pt+2].[c-]1c(-c2nc3ccccc3n2-c2ccccc2)ccc2c1B1c3[c-]c4c(cc3N(c3ccccc3)c3cccc(c31)N2c1ccccc1)c1ccccc1n4-c1ccccn1.c1ccc(N2c3ccc(-c4nc5ccccc5n4-c4ccccc4)cc3B3c4cc5c(cc4N(c4ccccc4)c4cccc2c43)c2ccccc2n5-c2ccccn2)cc1. The van der Waals surface area contributed by atoms with Gasteiger partial charge in [-0.1, -0.05) is 211 Å². The van der Waals surface area contributed by atoms with Gasteiger partial charge in [-0.25, -0.2) is 15.0 Å². The molecular formula is C108H68B2N12Pt. The summed E-state index contributed by atoms with van der Waals surface area (Å²) in [6, 6.07) is 151. The fraction of sp³-hybridized carbons (Fsp3) is 0. The average Bonchev–Trinajstić information content (AvgIpc) is 1.63. The maximum absolute atomic E-state index is 5.35. The molecule has 4 aliphatic heterocycles. The summed E-state index contributed by atoms with van der Waals surface area (Å²) in [5.74, 6) is 3.51. The van der Waals surface area contributed by atoms with Crippen molar-refractivity contribution in [3.63, 3.8) is 0 Å². The third-order valence-corrected chi connectivity index (χ3v) is 24.8. The van der Waals surface area contributed by atoms with Crippen LogP contribution in [0.5, 0.6) is 0 Å². The summed E-state index contributed by atoms with van der Waals surface area (Å²) in [6.45, 7) is -0.324. The van der Waals surface area contributed by atoms with E-state index in [-0.39, 0.29) is 34.5 Å². The molecule has 0 fully saturated rings. The smallest absolute Gasteiger partial charge is 0.366 e. The Hall–Kier alpha value is -15.6. The summed E-state index contributed by atoms with van der Waals surface area (Å²) >= 11 is 0. The molecule has 0 aliphatic carbocycles. The molecule has 10 heterocycles. The Morgan fingerprint density at radius 3 is 1.20 bits per heavy atom. The van der Waals surface area contributed by atoms with E-state index in [2.05, 4.69) is 438 Å². The summed E-state index contributed by atoms with van der Waals surface area (Å²) in [7, 11) is 0. The largest absolute Gasteiger partial charge is 2.00 e. The zero-order valence-corrected chi connectivity index (χ0v) is 68.4. The van der Waals surface area contributed by atoms with Crippen LogP contribution in [0, 0.1) is 12.1 Å². The van der Waals surface area contributed by atoms with E-state index in [1.165, 1.54) is 49.7 Å². The molecule has 22 aromatic rings. The molecule has 0 saturated carbocycles. The van der Waals surface area contributed by atoms with Gasteiger partial charge in [-0.3, -0.25) is 14.1 Å². The van der Waals surface area contributed by atoms with E-state index in [1.54, 1.807) is 0 Å². The van der Waals surface area contributed by atoms with Gasteiger partial charge in [0, 0.05) is 102 Å². The van der Waals surface area contributed by atoms with E-state index in [4.69, 9.17) is 19.9 Å². The van der Waals surface area contributed by atoms with Gasteiger partial charge >= 0.3 is 21.1 Å². The zero-order valence-electron chi connectivity index (χ0n) is 66.1. The van der Waals surface area contributed by atoms with E-state index < -0.39 is 0 Å². The Labute approximate surface area is 724 Å². The normalized spacial score (nSPS) is 12.7. The minimum Gasteiger partial charge on any atom is -0.366 e. The van der Waals surface area contributed by atoms with Gasteiger partial charge in [0.05, 0.1) is 38.9 Å². The minimum atomic E-state index is -0.217. The van der Waals surface area contributed by atoms with Crippen LogP contribution in [0.15, 0.2) is 413 Å². The van der Waals surface area contributed by atoms with E-state index in [0.29, 0.717) is 0 Å². The monoisotopic (exact) mass is 1750 g/mol. The molecule has 6 aromatic heterocycles. The Morgan fingerprint density at radius 2 is 0.650 bits per heavy atom. The molecule has 0 spiro atoms. The summed E-state index contributed by atoms with van der Waals surface area (Å²) < 4.78 is 9.16. The van der Waals surface area contributed by atoms with Crippen molar-refractivity contribution in [1.29, 1.82) is 0 Å².